The number of hydrogen-bond acceptors (Lipinski definition) is 2. The van der Waals surface area contributed by atoms with Crippen molar-refractivity contribution < 1.29 is 13.5 Å². The lowest BCUT2D eigenvalue weighted by Crippen LogP contribution is -1.99. The number of halogens is 2. The maximum atomic E-state index is 13.6. The van der Waals surface area contributed by atoms with Crippen molar-refractivity contribution in [3.8, 4) is 17.6 Å². The van der Waals surface area contributed by atoms with Crippen LogP contribution in [0.15, 0.2) is 36.4 Å². The first-order valence-electron chi connectivity index (χ1n) is 6.46. The minimum absolute atomic E-state index is 0.0649. The molecule has 2 aromatic carbocycles. The summed E-state index contributed by atoms with van der Waals surface area (Å²) in [7, 11) is 0. The van der Waals surface area contributed by atoms with Crippen LogP contribution in [0.4, 0.5) is 8.78 Å². The van der Waals surface area contributed by atoms with E-state index in [1.54, 1.807) is 18.2 Å². The summed E-state index contributed by atoms with van der Waals surface area (Å²) in [5, 5.41) is 0. The summed E-state index contributed by atoms with van der Waals surface area (Å²) >= 11 is 0. The molecule has 0 saturated carbocycles. The van der Waals surface area contributed by atoms with Gasteiger partial charge < -0.3 is 10.5 Å². The number of nitrogens with two attached hydrogens (primary N) is 1. The topological polar surface area (TPSA) is 35.2 Å². The highest BCUT2D eigenvalue weighted by atomic mass is 19.1. The van der Waals surface area contributed by atoms with Gasteiger partial charge in [0.15, 0.2) is 11.6 Å². The highest BCUT2D eigenvalue weighted by Gasteiger charge is 2.05. The lowest BCUT2D eigenvalue weighted by atomic mass is 10.1. The van der Waals surface area contributed by atoms with Crippen molar-refractivity contribution in [2.75, 3.05) is 6.54 Å². The third-order valence-corrected chi connectivity index (χ3v) is 2.77. The van der Waals surface area contributed by atoms with Crippen molar-refractivity contribution in [1.29, 1.82) is 0 Å². The molecule has 2 nitrogen and oxygen atoms in total. The van der Waals surface area contributed by atoms with Gasteiger partial charge in [0.05, 0.1) is 6.54 Å². The predicted molar refractivity (Wildman–Crippen MR) is 77.8 cm³/mol. The largest absolute Gasteiger partial charge is 0.486 e. The molecule has 0 aliphatic carbocycles. The standard InChI is InChI=1S/C17H15F2NO/c1-12-4-5-16(19)17(7-12)21-11-14-8-13(3-2-6-20)9-15(18)10-14/h4-5,7-10H,6,11,20H2,1H3. The molecular weight excluding hydrogens is 272 g/mol. The maximum absolute atomic E-state index is 13.6. The molecular formula is C17H15F2NO. The summed E-state index contributed by atoms with van der Waals surface area (Å²) in [5.41, 5.74) is 7.27. The Morgan fingerprint density at radius 3 is 2.71 bits per heavy atom. The van der Waals surface area contributed by atoms with Crippen LogP contribution in [0.3, 0.4) is 0 Å². The average Bonchev–Trinajstić information content (AvgIpc) is 2.45. The number of hydrogen-bond donors (Lipinski definition) is 1. The van der Waals surface area contributed by atoms with Crippen LogP contribution in [-0.2, 0) is 6.61 Å². The van der Waals surface area contributed by atoms with Crippen LogP contribution in [0.1, 0.15) is 16.7 Å². The smallest absolute Gasteiger partial charge is 0.165 e. The molecule has 0 atom stereocenters. The van der Waals surface area contributed by atoms with Gasteiger partial charge in [-0.05, 0) is 48.4 Å². The Labute approximate surface area is 122 Å². The lowest BCUT2D eigenvalue weighted by Gasteiger charge is -2.08. The van der Waals surface area contributed by atoms with E-state index in [-0.39, 0.29) is 18.9 Å². The first-order valence-corrected chi connectivity index (χ1v) is 6.46. The second-order valence-electron chi connectivity index (χ2n) is 4.58. The summed E-state index contributed by atoms with van der Waals surface area (Å²) < 4.78 is 32.5. The summed E-state index contributed by atoms with van der Waals surface area (Å²) in [5.74, 6) is 4.71. The summed E-state index contributed by atoms with van der Waals surface area (Å²) in [6, 6.07) is 8.95. The van der Waals surface area contributed by atoms with Crippen LogP contribution in [0.25, 0.3) is 0 Å². The zero-order valence-electron chi connectivity index (χ0n) is 11.6. The van der Waals surface area contributed by atoms with E-state index in [2.05, 4.69) is 11.8 Å². The summed E-state index contributed by atoms with van der Waals surface area (Å²) in [4.78, 5) is 0. The SMILES string of the molecule is Cc1ccc(F)c(OCc2cc(F)cc(C#CCN)c2)c1. The van der Waals surface area contributed by atoms with Gasteiger partial charge in [-0.15, -0.1) is 0 Å². The predicted octanol–water partition coefficient (Wildman–Crippen LogP) is 3.16. The second kappa shape index (κ2) is 6.87. The van der Waals surface area contributed by atoms with Crippen LogP contribution in [0.2, 0.25) is 0 Å². The zero-order valence-corrected chi connectivity index (χ0v) is 11.6. The van der Waals surface area contributed by atoms with Gasteiger partial charge in [0.1, 0.15) is 12.4 Å². The van der Waals surface area contributed by atoms with Crippen LogP contribution >= 0.6 is 0 Å². The normalized spacial score (nSPS) is 9.90. The minimum Gasteiger partial charge on any atom is -0.486 e. The molecule has 0 unspecified atom stereocenters. The monoisotopic (exact) mass is 287 g/mol. The molecule has 0 bridgehead atoms. The van der Waals surface area contributed by atoms with Crippen molar-refractivity contribution in [3.63, 3.8) is 0 Å². The number of aryl methyl sites for hydroxylation is 1. The highest BCUT2D eigenvalue weighted by Crippen LogP contribution is 2.20. The van der Waals surface area contributed by atoms with E-state index in [9.17, 15) is 8.78 Å². The third kappa shape index (κ3) is 4.30. The van der Waals surface area contributed by atoms with E-state index in [1.165, 1.54) is 18.2 Å². The first-order chi connectivity index (χ1) is 10.1. The molecule has 0 aliphatic rings. The quantitative estimate of drug-likeness (QED) is 0.880. The van der Waals surface area contributed by atoms with Gasteiger partial charge in [-0.3, -0.25) is 0 Å². The molecule has 2 rings (SSSR count). The number of benzene rings is 2. The summed E-state index contributed by atoms with van der Waals surface area (Å²) in [6.07, 6.45) is 0. The number of rotatable bonds is 3. The highest BCUT2D eigenvalue weighted by molar-refractivity contribution is 5.38. The average molecular weight is 287 g/mol. The van der Waals surface area contributed by atoms with Gasteiger partial charge in [0.25, 0.3) is 0 Å². The van der Waals surface area contributed by atoms with Crippen molar-refractivity contribution in [2.24, 2.45) is 5.73 Å². The Morgan fingerprint density at radius 2 is 1.95 bits per heavy atom. The van der Waals surface area contributed by atoms with Crippen LogP contribution in [0, 0.1) is 30.4 Å². The molecule has 0 aliphatic heterocycles. The van der Waals surface area contributed by atoms with Gasteiger partial charge in [-0.1, -0.05) is 17.9 Å². The van der Waals surface area contributed by atoms with Gasteiger partial charge in [-0.2, -0.15) is 0 Å². The van der Waals surface area contributed by atoms with Gasteiger partial charge in [0, 0.05) is 5.56 Å². The molecule has 2 aromatic rings. The van der Waals surface area contributed by atoms with Gasteiger partial charge in [0.2, 0.25) is 0 Å². The molecule has 2 N–H and O–H groups in total. The van der Waals surface area contributed by atoms with E-state index in [0.717, 1.165) is 5.56 Å². The Kier molecular flexibility index (Phi) is 4.91. The van der Waals surface area contributed by atoms with Crippen LogP contribution in [0.5, 0.6) is 5.75 Å². The number of ether oxygens (including phenoxy) is 1. The first kappa shape index (κ1) is 15.0. The van der Waals surface area contributed by atoms with E-state index >= 15 is 0 Å². The molecule has 21 heavy (non-hydrogen) atoms. The summed E-state index contributed by atoms with van der Waals surface area (Å²) in [6.45, 7) is 2.11. The molecule has 0 saturated heterocycles. The Hall–Kier alpha value is -2.38. The second-order valence-corrected chi connectivity index (χ2v) is 4.58. The fourth-order valence-corrected chi connectivity index (χ4v) is 1.84. The molecule has 0 heterocycles. The van der Waals surface area contributed by atoms with Gasteiger partial charge in [-0.25, -0.2) is 8.78 Å². The van der Waals surface area contributed by atoms with Crippen molar-refractivity contribution in [1.82, 2.24) is 0 Å². The fraction of sp³-hybridized carbons (Fsp3) is 0.176. The Balaban J connectivity index is 2.16. The third-order valence-electron chi connectivity index (χ3n) is 2.77. The Morgan fingerprint density at radius 1 is 1.14 bits per heavy atom. The molecule has 108 valence electrons. The van der Waals surface area contributed by atoms with E-state index in [4.69, 9.17) is 10.5 Å². The van der Waals surface area contributed by atoms with Gasteiger partial charge >= 0.3 is 0 Å². The molecule has 0 aromatic heterocycles. The van der Waals surface area contributed by atoms with Crippen molar-refractivity contribution in [2.45, 2.75) is 13.5 Å². The van der Waals surface area contributed by atoms with Crippen LogP contribution in [-0.4, -0.2) is 6.54 Å². The zero-order chi connectivity index (χ0) is 15.2. The molecule has 0 amide bonds. The Bertz CT molecular complexity index is 702. The minimum atomic E-state index is -0.444. The fourth-order valence-electron chi connectivity index (χ4n) is 1.84. The van der Waals surface area contributed by atoms with Crippen molar-refractivity contribution in [3.05, 3.63) is 64.7 Å². The molecule has 4 heteroatoms. The van der Waals surface area contributed by atoms with Crippen LogP contribution < -0.4 is 10.5 Å². The maximum Gasteiger partial charge on any atom is 0.165 e. The molecule has 0 spiro atoms. The van der Waals surface area contributed by atoms with E-state index < -0.39 is 11.6 Å². The van der Waals surface area contributed by atoms with E-state index in [0.29, 0.717) is 11.1 Å². The van der Waals surface area contributed by atoms with E-state index in [1.807, 2.05) is 6.92 Å². The van der Waals surface area contributed by atoms with Crippen molar-refractivity contribution >= 4 is 0 Å². The lowest BCUT2D eigenvalue weighted by molar-refractivity contribution is 0.289. The molecule has 0 fully saturated rings. The molecule has 0 radical (unpaired) electrons.